The molecular weight excluding hydrogens is 306 g/mol. The van der Waals surface area contributed by atoms with Gasteiger partial charge >= 0.3 is 5.97 Å². The van der Waals surface area contributed by atoms with Crippen molar-refractivity contribution in [3.05, 3.63) is 35.9 Å². The lowest BCUT2D eigenvalue weighted by atomic mass is 10.2. The van der Waals surface area contributed by atoms with Gasteiger partial charge < -0.3 is 10.0 Å². The molecule has 0 bridgehead atoms. The van der Waals surface area contributed by atoms with E-state index < -0.39 is 5.97 Å². The maximum Gasteiger partial charge on any atom is 0.317 e. The SMILES string of the molecule is CCCN(CC(=O)O)CC(=O)N1CCN(Cc2ccccc2)CC1. The molecule has 0 saturated carbocycles. The number of amides is 1. The van der Waals surface area contributed by atoms with Crippen molar-refractivity contribution < 1.29 is 14.7 Å². The van der Waals surface area contributed by atoms with Crippen molar-refractivity contribution in [3.8, 4) is 0 Å². The van der Waals surface area contributed by atoms with Crippen LogP contribution in [-0.2, 0) is 16.1 Å². The second-order valence-corrected chi connectivity index (χ2v) is 6.25. The van der Waals surface area contributed by atoms with Gasteiger partial charge in [-0.05, 0) is 18.5 Å². The van der Waals surface area contributed by atoms with Gasteiger partial charge in [0.1, 0.15) is 0 Å². The largest absolute Gasteiger partial charge is 0.480 e. The third-order valence-electron chi connectivity index (χ3n) is 4.23. The van der Waals surface area contributed by atoms with E-state index in [4.69, 9.17) is 5.11 Å². The zero-order valence-electron chi connectivity index (χ0n) is 14.4. The Labute approximate surface area is 143 Å². The summed E-state index contributed by atoms with van der Waals surface area (Å²) < 4.78 is 0. The highest BCUT2D eigenvalue weighted by molar-refractivity contribution is 5.79. The van der Waals surface area contributed by atoms with Gasteiger partial charge in [0.25, 0.3) is 0 Å². The van der Waals surface area contributed by atoms with Crippen LogP contribution in [0, 0.1) is 0 Å². The second-order valence-electron chi connectivity index (χ2n) is 6.25. The Hall–Kier alpha value is -1.92. The van der Waals surface area contributed by atoms with Crippen molar-refractivity contribution in [1.29, 1.82) is 0 Å². The predicted octanol–water partition coefficient (Wildman–Crippen LogP) is 1.13. The van der Waals surface area contributed by atoms with Gasteiger partial charge in [0.15, 0.2) is 0 Å². The van der Waals surface area contributed by atoms with Crippen molar-refractivity contribution in [2.24, 2.45) is 0 Å². The second kappa shape index (κ2) is 9.39. The van der Waals surface area contributed by atoms with Crippen molar-refractivity contribution in [2.45, 2.75) is 19.9 Å². The Bertz CT molecular complexity index is 528. The lowest BCUT2D eigenvalue weighted by Crippen LogP contribution is -2.51. The van der Waals surface area contributed by atoms with Gasteiger partial charge in [-0.3, -0.25) is 19.4 Å². The van der Waals surface area contributed by atoms with Gasteiger partial charge in [0.2, 0.25) is 5.91 Å². The van der Waals surface area contributed by atoms with Crippen LogP contribution < -0.4 is 0 Å². The minimum absolute atomic E-state index is 0.0315. The maximum absolute atomic E-state index is 12.4. The lowest BCUT2D eigenvalue weighted by Gasteiger charge is -2.35. The van der Waals surface area contributed by atoms with Crippen LogP contribution in [0.4, 0.5) is 0 Å². The summed E-state index contributed by atoms with van der Waals surface area (Å²) in [4.78, 5) is 29.2. The predicted molar refractivity (Wildman–Crippen MR) is 92.7 cm³/mol. The molecule has 0 spiro atoms. The summed E-state index contributed by atoms with van der Waals surface area (Å²) in [5.74, 6) is -0.854. The summed E-state index contributed by atoms with van der Waals surface area (Å²) in [5.41, 5.74) is 1.29. The van der Waals surface area contributed by atoms with E-state index in [1.165, 1.54) is 5.56 Å². The molecule has 1 aliphatic heterocycles. The monoisotopic (exact) mass is 333 g/mol. The Morgan fingerprint density at radius 1 is 1.08 bits per heavy atom. The van der Waals surface area contributed by atoms with Gasteiger partial charge in [0.05, 0.1) is 13.1 Å². The molecule has 1 aromatic rings. The van der Waals surface area contributed by atoms with Gasteiger partial charge in [-0.2, -0.15) is 0 Å². The molecule has 0 unspecified atom stereocenters. The highest BCUT2D eigenvalue weighted by Crippen LogP contribution is 2.09. The molecular formula is C18H27N3O3. The molecule has 1 aliphatic rings. The lowest BCUT2D eigenvalue weighted by molar-refractivity contribution is -0.140. The van der Waals surface area contributed by atoms with Crippen LogP contribution in [0.1, 0.15) is 18.9 Å². The fraction of sp³-hybridized carbons (Fsp3) is 0.556. The number of piperazine rings is 1. The average Bonchev–Trinajstić information content (AvgIpc) is 2.56. The summed E-state index contributed by atoms with van der Waals surface area (Å²) in [6, 6.07) is 10.3. The van der Waals surface area contributed by atoms with Gasteiger partial charge in [-0.1, -0.05) is 37.3 Å². The molecule has 24 heavy (non-hydrogen) atoms. The Kier molecular flexibility index (Phi) is 7.21. The molecule has 2 rings (SSSR count). The molecule has 0 radical (unpaired) electrons. The number of carbonyl (C=O) groups is 2. The summed E-state index contributed by atoms with van der Waals surface area (Å²) in [6.45, 7) is 6.77. The first-order valence-electron chi connectivity index (χ1n) is 8.56. The third-order valence-corrected chi connectivity index (χ3v) is 4.23. The Morgan fingerprint density at radius 2 is 1.75 bits per heavy atom. The Morgan fingerprint density at radius 3 is 2.33 bits per heavy atom. The van der Waals surface area contributed by atoms with Gasteiger partial charge in [-0.25, -0.2) is 0 Å². The van der Waals surface area contributed by atoms with Crippen LogP contribution in [0.25, 0.3) is 0 Å². The zero-order valence-corrected chi connectivity index (χ0v) is 14.4. The summed E-state index contributed by atoms with van der Waals surface area (Å²) in [7, 11) is 0. The number of hydrogen-bond donors (Lipinski definition) is 1. The highest BCUT2D eigenvalue weighted by atomic mass is 16.4. The van der Waals surface area contributed by atoms with E-state index >= 15 is 0 Å². The number of carbonyl (C=O) groups excluding carboxylic acids is 1. The number of hydrogen-bond acceptors (Lipinski definition) is 4. The van der Waals surface area contributed by atoms with E-state index in [-0.39, 0.29) is 19.0 Å². The quantitative estimate of drug-likeness (QED) is 0.773. The fourth-order valence-corrected chi connectivity index (χ4v) is 3.01. The molecule has 1 N–H and O–H groups in total. The molecule has 0 atom stereocenters. The first-order chi connectivity index (χ1) is 11.6. The molecule has 6 heteroatoms. The summed E-state index contributed by atoms with van der Waals surface area (Å²) >= 11 is 0. The summed E-state index contributed by atoms with van der Waals surface area (Å²) in [6.07, 6.45) is 0.839. The summed E-state index contributed by atoms with van der Waals surface area (Å²) in [5, 5.41) is 8.94. The van der Waals surface area contributed by atoms with Crippen LogP contribution >= 0.6 is 0 Å². The van der Waals surface area contributed by atoms with Crippen LogP contribution in [0.2, 0.25) is 0 Å². The molecule has 6 nitrogen and oxygen atoms in total. The number of benzene rings is 1. The van der Waals surface area contributed by atoms with E-state index in [9.17, 15) is 9.59 Å². The number of nitrogens with zero attached hydrogens (tertiary/aromatic N) is 3. The van der Waals surface area contributed by atoms with Crippen molar-refractivity contribution in [3.63, 3.8) is 0 Å². The molecule has 1 amide bonds. The number of rotatable bonds is 8. The van der Waals surface area contributed by atoms with E-state index in [2.05, 4.69) is 17.0 Å². The Balaban J connectivity index is 1.78. The molecule has 0 aromatic heterocycles. The first-order valence-corrected chi connectivity index (χ1v) is 8.56. The number of carboxylic acids is 1. The minimum Gasteiger partial charge on any atom is -0.480 e. The van der Waals surface area contributed by atoms with E-state index in [0.717, 1.165) is 26.1 Å². The van der Waals surface area contributed by atoms with Gasteiger partial charge in [0, 0.05) is 32.7 Å². The van der Waals surface area contributed by atoms with E-state index in [1.54, 1.807) is 4.90 Å². The molecule has 1 saturated heterocycles. The third kappa shape index (κ3) is 5.94. The average molecular weight is 333 g/mol. The standard InChI is InChI=1S/C18H27N3O3/c1-2-8-20(15-18(23)24)14-17(22)21-11-9-19(10-12-21)13-16-6-4-3-5-7-16/h3-7H,2,8-15H2,1H3,(H,23,24). The van der Waals surface area contributed by atoms with Crippen LogP contribution in [0.5, 0.6) is 0 Å². The molecule has 132 valence electrons. The molecule has 1 fully saturated rings. The van der Waals surface area contributed by atoms with Gasteiger partial charge in [-0.15, -0.1) is 0 Å². The fourth-order valence-electron chi connectivity index (χ4n) is 3.01. The normalized spacial score (nSPS) is 15.7. The van der Waals surface area contributed by atoms with Crippen molar-refractivity contribution in [1.82, 2.24) is 14.7 Å². The van der Waals surface area contributed by atoms with Crippen molar-refractivity contribution >= 4 is 11.9 Å². The highest BCUT2D eigenvalue weighted by Gasteiger charge is 2.23. The van der Waals surface area contributed by atoms with E-state index in [0.29, 0.717) is 19.6 Å². The minimum atomic E-state index is -0.885. The van der Waals surface area contributed by atoms with E-state index in [1.807, 2.05) is 30.0 Å². The molecule has 1 aromatic carbocycles. The number of carboxylic acid groups (broad SMARTS) is 1. The van der Waals surface area contributed by atoms with Crippen LogP contribution in [0.3, 0.4) is 0 Å². The first kappa shape index (κ1) is 18.4. The number of aliphatic carboxylic acids is 1. The topological polar surface area (TPSA) is 64.1 Å². The smallest absolute Gasteiger partial charge is 0.317 e. The molecule has 0 aliphatic carbocycles. The van der Waals surface area contributed by atoms with Crippen molar-refractivity contribution in [2.75, 3.05) is 45.8 Å². The maximum atomic E-state index is 12.4. The van der Waals surface area contributed by atoms with Crippen LogP contribution in [0.15, 0.2) is 30.3 Å². The molecule has 1 heterocycles. The van der Waals surface area contributed by atoms with Crippen LogP contribution in [-0.4, -0.2) is 77.5 Å². The zero-order chi connectivity index (χ0) is 17.4.